The number of Topliss-reactive ketones (excluding diaryl/α,β-unsaturated/α-hetero) is 1. The normalized spacial score (nSPS) is 12.2. The van der Waals surface area contributed by atoms with Gasteiger partial charge in [0.05, 0.1) is 5.69 Å². The predicted molar refractivity (Wildman–Crippen MR) is 73.2 cm³/mol. The van der Waals surface area contributed by atoms with Crippen LogP contribution in [0.4, 0.5) is 5.69 Å². The van der Waals surface area contributed by atoms with Crippen LogP contribution in [-0.2, 0) is 0 Å². The largest absolute Gasteiger partial charge is 0.483 e. The highest BCUT2D eigenvalue weighted by Gasteiger charge is 2.16. The molecule has 3 rings (SSSR count). The van der Waals surface area contributed by atoms with E-state index in [4.69, 9.17) is 19.9 Å². The zero-order valence-corrected chi connectivity index (χ0v) is 10.7. The lowest BCUT2D eigenvalue weighted by Crippen LogP contribution is -2.12. The lowest BCUT2D eigenvalue weighted by molar-refractivity contribution is 0.0921. The van der Waals surface area contributed by atoms with Gasteiger partial charge in [-0.05, 0) is 30.3 Å². The molecule has 1 aliphatic rings. The Morgan fingerprint density at radius 1 is 1.15 bits per heavy atom. The number of fused-ring (bicyclic) bond motifs is 1. The van der Waals surface area contributed by atoms with Gasteiger partial charge in [0, 0.05) is 5.56 Å². The molecule has 5 nitrogen and oxygen atoms in total. The third-order valence-electron chi connectivity index (χ3n) is 2.97. The lowest BCUT2D eigenvalue weighted by atomic mass is 10.1. The molecule has 1 heterocycles. The number of nitrogen functional groups attached to an aromatic ring is 1. The van der Waals surface area contributed by atoms with Crippen LogP contribution in [0.2, 0.25) is 0 Å². The first-order valence-electron chi connectivity index (χ1n) is 6.14. The van der Waals surface area contributed by atoms with Gasteiger partial charge in [0.1, 0.15) is 5.75 Å². The van der Waals surface area contributed by atoms with E-state index in [0.717, 1.165) is 0 Å². The summed E-state index contributed by atoms with van der Waals surface area (Å²) in [6, 6.07) is 12.1. The van der Waals surface area contributed by atoms with Crippen molar-refractivity contribution in [3.63, 3.8) is 0 Å². The summed E-state index contributed by atoms with van der Waals surface area (Å²) in [5, 5.41) is 0. The van der Waals surface area contributed by atoms with E-state index in [1.165, 1.54) is 0 Å². The van der Waals surface area contributed by atoms with Crippen molar-refractivity contribution in [2.45, 2.75) is 0 Å². The summed E-state index contributed by atoms with van der Waals surface area (Å²) < 4.78 is 15.9. The number of hydrogen-bond acceptors (Lipinski definition) is 5. The van der Waals surface area contributed by atoms with E-state index in [2.05, 4.69) is 0 Å². The van der Waals surface area contributed by atoms with E-state index in [1.54, 1.807) is 36.4 Å². The molecular formula is C15H13NO4. The second kappa shape index (κ2) is 5.13. The lowest BCUT2D eigenvalue weighted by Gasteiger charge is -2.08. The summed E-state index contributed by atoms with van der Waals surface area (Å²) in [7, 11) is 0. The van der Waals surface area contributed by atoms with Crippen molar-refractivity contribution in [1.29, 1.82) is 0 Å². The van der Waals surface area contributed by atoms with E-state index in [9.17, 15) is 4.79 Å². The first-order chi connectivity index (χ1) is 9.74. The smallest absolute Gasteiger partial charge is 0.231 e. The number of para-hydroxylation sites is 2. The minimum atomic E-state index is -0.147. The summed E-state index contributed by atoms with van der Waals surface area (Å²) >= 11 is 0. The molecule has 0 atom stereocenters. The summed E-state index contributed by atoms with van der Waals surface area (Å²) in [6.45, 7) is 0.109. The van der Waals surface area contributed by atoms with Crippen molar-refractivity contribution in [2.75, 3.05) is 19.1 Å². The Morgan fingerprint density at radius 3 is 2.80 bits per heavy atom. The Balaban J connectivity index is 1.69. The van der Waals surface area contributed by atoms with Gasteiger partial charge in [-0.2, -0.15) is 0 Å². The standard InChI is InChI=1S/C15H13NO4/c16-11-3-1-2-4-13(11)18-8-12(17)10-5-6-14-15(7-10)20-9-19-14/h1-7H,8-9,16H2. The number of nitrogens with two attached hydrogens (primary N) is 1. The number of hydrogen-bond donors (Lipinski definition) is 1. The first-order valence-corrected chi connectivity index (χ1v) is 6.14. The number of rotatable bonds is 4. The third-order valence-corrected chi connectivity index (χ3v) is 2.97. The summed E-state index contributed by atoms with van der Waals surface area (Å²) in [4.78, 5) is 12.1. The predicted octanol–water partition coefficient (Wildman–Crippen LogP) is 2.26. The Morgan fingerprint density at radius 2 is 1.95 bits per heavy atom. The monoisotopic (exact) mass is 271 g/mol. The number of anilines is 1. The van der Waals surface area contributed by atoms with E-state index in [-0.39, 0.29) is 19.2 Å². The molecule has 0 unspecified atom stereocenters. The van der Waals surface area contributed by atoms with E-state index >= 15 is 0 Å². The molecule has 0 radical (unpaired) electrons. The maximum Gasteiger partial charge on any atom is 0.231 e. The van der Waals surface area contributed by atoms with Crippen LogP contribution in [-0.4, -0.2) is 19.2 Å². The minimum absolute atomic E-state index is 0.0755. The van der Waals surface area contributed by atoms with Crippen molar-refractivity contribution in [3.05, 3.63) is 48.0 Å². The maximum atomic E-state index is 12.1. The van der Waals surface area contributed by atoms with Crippen LogP contribution in [0.25, 0.3) is 0 Å². The van der Waals surface area contributed by atoms with Gasteiger partial charge >= 0.3 is 0 Å². The van der Waals surface area contributed by atoms with E-state index < -0.39 is 0 Å². The number of ketones is 1. The molecule has 0 saturated carbocycles. The van der Waals surface area contributed by atoms with Gasteiger partial charge in [-0.15, -0.1) is 0 Å². The van der Waals surface area contributed by atoms with Crippen LogP contribution in [0, 0.1) is 0 Å². The van der Waals surface area contributed by atoms with Crippen molar-refractivity contribution < 1.29 is 19.0 Å². The highest BCUT2D eigenvalue weighted by Crippen LogP contribution is 2.32. The average Bonchev–Trinajstić information content (AvgIpc) is 2.93. The van der Waals surface area contributed by atoms with Gasteiger partial charge in [-0.25, -0.2) is 0 Å². The van der Waals surface area contributed by atoms with Crippen LogP contribution in [0.15, 0.2) is 42.5 Å². The molecule has 0 saturated heterocycles. The van der Waals surface area contributed by atoms with Crippen LogP contribution >= 0.6 is 0 Å². The topological polar surface area (TPSA) is 70.8 Å². The van der Waals surface area contributed by atoms with Crippen LogP contribution < -0.4 is 19.9 Å². The molecule has 0 amide bonds. The SMILES string of the molecule is Nc1ccccc1OCC(=O)c1ccc2c(c1)OCO2. The second-order valence-electron chi connectivity index (χ2n) is 4.32. The molecule has 2 N–H and O–H groups in total. The third kappa shape index (κ3) is 2.38. The van der Waals surface area contributed by atoms with Gasteiger partial charge in [-0.1, -0.05) is 12.1 Å². The highest BCUT2D eigenvalue weighted by atomic mass is 16.7. The Labute approximate surface area is 115 Å². The van der Waals surface area contributed by atoms with Gasteiger partial charge in [0.2, 0.25) is 6.79 Å². The highest BCUT2D eigenvalue weighted by molar-refractivity contribution is 5.98. The van der Waals surface area contributed by atoms with E-state index in [0.29, 0.717) is 28.5 Å². The first kappa shape index (κ1) is 12.3. The van der Waals surface area contributed by atoms with Gasteiger partial charge in [0.25, 0.3) is 0 Å². The molecule has 2 aromatic carbocycles. The Bertz CT molecular complexity index is 654. The molecule has 0 aliphatic carbocycles. The number of benzene rings is 2. The zero-order chi connectivity index (χ0) is 13.9. The van der Waals surface area contributed by atoms with Gasteiger partial charge in [-0.3, -0.25) is 4.79 Å². The molecular weight excluding hydrogens is 258 g/mol. The Kier molecular flexibility index (Phi) is 3.16. The summed E-state index contributed by atoms with van der Waals surface area (Å²) in [6.07, 6.45) is 0. The second-order valence-corrected chi connectivity index (χ2v) is 4.32. The van der Waals surface area contributed by atoms with Crippen molar-refractivity contribution >= 4 is 11.5 Å². The molecule has 0 fully saturated rings. The fourth-order valence-electron chi connectivity index (χ4n) is 1.91. The van der Waals surface area contributed by atoms with Crippen molar-refractivity contribution in [2.24, 2.45) is 0 Å². The molecule has 102 valence electrons. The van der Waals surface area contributed by atoms with Crippen molar-refractivity contribution in [1.82, 2.24) is 0 Å². The number of carbonyl (C=O) groups is 1. The molecule has 0 aromatic heterocycles. The van der Waals surface area contributed by atoms with Gasteiger partial charge in [0.15, 0.2) is 23.9 Å². The molecule has 2 aromatic rings. The van der Waals surface area contributed by atoms with Crippen LogP contribution in [0.5, 0.6) is 17.2 Å². The molecule has 5 heteroatoms. The van der Waals surface area contributed by atoms with Crippen molar-refractivity contribution in [3.8, 4) is 17.2 Å². The van der Waals surface area contributed by atoms with Crippen LogP contribution in [0.3, 0.4) is 0 Å². The summed E-state index contributed by atoms with van der Waals surface area (Å²) in [5.74, 6) is 1.58. The zero-order valence-electron chi connectivity index (χ0n) is 10.7. The molecule has 0 bridgehead atoms. The average molecular weight is 271 g/mol. The minimum Gasteiger partial charge on any atom is -0.483 e. The number of carbonyl (C=O) groups excluding carboxylic acids is 1. The number of ether oxygens (including phenoxy) is 3. The maximum absolute atomic E-state index is 12.1. The summed E-state index contributed by atoms with van der Waals surface area (Å²) in [5.41, 5.74) is 6.77. The fraction of sp³-hybridized carbons (Fsp3) is 0.133. The van der Waals surface area contributed by atoms with Gasteiger partial charge < -0.3 is 19.9 Å². The Hall–Kier alpha value is -2.69. The molecule has 1 aliphatic heterocycles. The quantitative estimate of drug-likeness (QED) is 0.682. The fourth-order valence-corrected chi connectivity index (χ4v) is 1.91. The molecule has 0 spiro atoms. The van der Waals surface area contributed by atoms with Crippen LogP contribution in [0.1, 0.15) is 10.4 Å². The molecule has 20 heavy (non-hydrogen) atoms. The van der Waals surface area contributed by atoms with E-state index in [1.807, 2.05) is 6.07 Å².